The molecule has 0 radical (unpaired) electrons. The maximum absolute atomic E-state index is 12.0. The largest absolute Gasteiger partial charge is 0.471 e. The van der Waals surface area contributed by atoms with Gasteiger partial charge in [0.05, 0.1) is 0 Å². The molecule has 0 aliphatic carbocycles. The summed E-state index contributed by atoms with van der Waals surface area (Å²) in [5.74, 6) is -1.86. The van der Waals surface area contributed by atoms with Crippen LogP contribution >= 0.6 is 0 Å². The minimum absolute atomic E-state index is 0.0870. The van der Waals surface area contributed by atoms with Gasteiger partial charge in [-0.15, -0.1) is 0 Å². The number of ether oxygens (including phenoxy) is 1. The third kappa shape index (κ3) is 3.28. The number of nitrogens with zero attached hydrogens (tertiary/aromatic N) is 1. The first-order valence-corrected chi connectivity index (χ1v) is 4.63. The second-order valence-corrected chi connectivity index (χ2v) is 3.43. The molecule has 0 aromatic rings. The Balaban J connectivity index is 2.43. The van der Waals surface area contributed by atoms with E-state index < -0.39 is 24.3 Å². The zero-order valence-corrected chi connectivity index (χ0v) is 8.29. The summed E-state index contributed by atoms with van der Waals surface area (Å²) in [5.41, 5.74) is 4.77. The Morgan fingerprint density at radius 2 is 1.75 bits per heavy atom. The number of carbonyl (C=O) groups is 2. The Labute approximate surface area is 89.3 Å². The number of nitrogens with two attached hydrogens (primary N) is 1. The predicted molar refractivity (Wildman–Crippen MR) is 46.3 cm³/mol. The lowest BCUT2D eigenvalue weighted by Gasteiger charge is -2.31. The Morgan fingerprint density at radius 1 is 1.25 bits per heavy atom. The summed E-state index contributed by atoms with van der Waals surface area (Å²) in [6.45, 7) is -0.174. The van der Waals surface area contributed by atoms with E-state index in [1.54, 1.807) is 0 Å². The molecule has 0 unspecified atom stereocenters. The molecule has 1 aliphatic heterocycles. The van der Waals surface area contributed by atoms with Crippen molar-refractivity contribution < 1.29 is 27.5 Å². The number of hydrogen-bond donors (Lipinski definition) is 1. The quantitative estimate of drug-likeness (QED) is 0.730. The third-order valence-corrected chi connectivity index (χ3v) is 2.25. The van der Waals surface area contributed by atoms with E-state index in [4.69, 9.17) is 5.73 Å². The molecule has 0 bridgehead atoms. The SMILES string of the molecule is NC(=O)OC1CCN(C(=O)C(F)(F)F)CC1. The van der Waals surface area contributed by atoms with Crippen molar-refractivity contribution in [3.05, 3.63) is 0 Å². The van der Waals surface area contributed by atoms with Crippen LogP contribution in [0.3, 0.4) is 0 Å². The smallest absolute Gasteiger partial charge is 0.446 e. The fourth-order valence-corrected chi connectivity index (χ4v) is 1.52. The Bertz CT molecular complexity index is 285. The van der Waals surface area contributed by atoms with Crippen LogP contribution in [0.4, 0.5) is 18.0 Å². The van der Waals surface area contributed by atoms with Gasteiger partial charge in [0.15, 0.2) is 0 Å². The molecule has 5 nitrogen and oxygen atoms in total. The Hall–Kier alpha value is -1.47. The monoisotopic (exact) mass is 240 g/mol. The van der Waals surface area contributed by atoms with Crippen molar-refractivity contribution in [3.63, 3.8) is 0 Å². The van der Waals surface area contributed by atoms with E-state index in [1.165, 1.54) is 0 Å². The van der Waals surface area contributed by atoms with Gasteiger partial charge in [0.25, 0.3) is 0 Å². The van der Waals surface area contributed by atoms with Gasteiger partial charge in [-0.3, -0.25) is 4.79 Å². The molecule has 0 aromatic heterocycles. The van der Waals surface area contributed by atoms with Crippen molar-refractivity contribution in [2.45, 2.75) is 25.1 Å². The molecule has 1 fully saturated rings. The van der Waals surface area contributed by atoms with Gasteiger partial charge in [-0.1, -0.05) is 0 Å². The molecule has 0 aromatic carbocycles. The van der Waals surface area contributed by atoms with Crippen LogP contribution in [0.2, 0.25) is 0 Å². The first-order valence-electron chi connectivity index (χ1n) is 4.63. The second kappa shape index (κ2) is 4.58. The average molecular weight is 240 g/mol. The first kappa shape index (κ1) is 12.6. The lowest BCUT2D eigenvalue weighted by Crippen LogP contribution is -2.47. The summed E-state index contributed by atoms with van der Waals surface area (Å²) >= 11 is 0. The normalized spacial score (nSPS) is 18.3. The van der Waals surface area contributed by atoms with Crippen LogP contribution in [0.25, 0.3) is 0 Å². The molecule has 92 valence electrons. The molecule has 1 aliphatic rings. The molecule has 1 heterocycles. The summed E-state index contributed by atoms with van der Waals surface area (Å²) in [7, 11) is 0. The number of halogens is 3. The summed E-state index contributed by atoms with van der Waals surface area (Å²) in [6.07, 6.45) is -5.97. The number of carbonyl (C=O) groups excluding carboxylic acids is 2. The van der Waals surface area contributed by atoms with Crippen LogP contribution in [0.5, 0.6) is 0 Å². The molecule has 0 spiro atoms. The lowest BCUT2D eigenvalue weighted by molar-refractivity contribution is -0.187. The molecule has 16 heavy (non-hydrogen) atoms. The molecule has 0 saturated carbocycles. The molecule has 1 rings (SSSR count). The van der Waals surface area contributed by atoms with Crippen molar-refractivity contribution in [1.82, 2.24) is 4.90 Å². The van der Waals surface area contributed by atoms with Crippen molar-refractivity contribution >= 4 is 12.0 Å². The number of piperidine rings is 1. The number of primary amides is 1. The molecular weight excluding hydrogens is 229 g/mol. The summed E-state index contributed by atoms with van der Waals surface area (Å²) in [5, 5.41) is 0. The van der Waals surface area contributed by atoms with E-state index >= 15 is 0 Å². The Morgan fingerprint density at radius 3 is 2.12 bits per heavy atom. The van der Waals surface area contributed by atoms with E-state index in [9.17, 15) is 22.8 Å². The minimum atomic E-state index is -4.85. The fourth-order valence-electron chi connectivity index (χ4n) is 1.52. The molecular formula is C8H11F3N2O3. The Kier molecular flexibility index (Phi) is 3.61. The van der Waals surface area contributed by atoms with Gasteiger partial charge in [0.2, 0.25) is 0 Å². The van der Waals surface area contributed by atoms with Crippen LogP contribution in [-0.4, -0.2) is 42.3 Å². The van der Waals surface area contributed by atoms with Crippen molar-refractivity contribution in [3.8, 4) is 0 Å². The fraction of sp³-hybridized carbons (Fsp3) is 0.750. The molecule has 2 amide bonds. The molecule has 2 N–H and O–H groups in total. The maximum atomic E-state index is 12.0. The highest BCUT2D eigenvalue weighted by Crippen LogP contribution is 2.22. The highest BCUT2D eigenvalue weighted by atomic mass is 19.4. The molecule has 0 atom stereocenters. The molecule has 8 heteroatoms. The van der Waals surface area contributed by atoms with Crippen molar-refractivity contribution in [1.29, 1.82) is 0 Å². The zero-order valence-electron chi connectivity index (χ0n) is 8.29. The number of likely N-dealkylation sites (tertiary alicyclic amines) is 1. The predicted octanol–water partition coefficient (Wildman–Crippen LogP) is 0.635. The average Bonchev–Trinajstić information content (AvgIpc) is 2.15. The first-order chi connectivity index (χ1) is 7.30. The summed E-state index contributed by atoms with van der Waals surface area (Å²) < 4.78 is 40.8. The van der Waals surface area contributed by atoms with Gasteiger partial charge in [0, 0.05) is 25.9 Å². The van der Waals surface area contributed by atoms with Gasteiger partial charge in [0.1, 0.15) is 6.10 Å². The van der Waals surface area contributed by atoms with Crippen LogP contribution in [0.1, 0.15) is 12.8 Å². The van der Waals surface area contributed by atoms with Gasteiger partial charge in [-0.2, -0.15) is 13.2 Å². The standard InChI is InChI=1S/C8H11F3N2O3/c9-8(10,11)6(14)13-3-1-5(2-4-13)16-7(12)15/h5H,1-4H2,(H2,12,15). The highest BCUT2D eigenvalue weighted by Gasteiger charge is 2.43. The van der Waals surface area contributed by atoms with E-state index in [-0.39, 0.29) is 25.9 Å². The van der Waals surface area contributed by atoms with Crippen LogP contribution in [0, 0.1) is 0 Å². The van der Waals surface area contributed by atoms with Gasteiger partial charge >= 0.3 is 18.2 Å². The van der Waals surface area contributed by atoms with E-state index in [1.807, 2.05) is 0 Å². The number of alkyl halides is 3. The third-order valence-electron chi connectivity index (χ3n) is 2.25. The van der Waals surface area contributed by atoms with E-state index in [0.717, 1.165) is 0 Å². The number of rotatable bonds is 1. The van der Waals surface area contributed by atoms with Gasteiger partial charge < -0.3 is 15.4 Å². The summed E-state index contributed by atoms with van der Waals surface area (Å²) in [4.78, 5) is 21.9. The van der Waals surface area contributed by atoms with Gasteiger partial charge in [-0.25, -0.2) is 4.79 Å². The topological polar surface area (TPSA) is 72.6 Å². The lowest BCUT2D eigenvalue weighted by atomic mass is 10.1. The summed E-state index contributed by atoms with van der Waals surface area (Å²) in [6, 6.07) is 0. The zero-order chi connectivity index (χ0) is 12.3. The van der Waals surface area contributed by atoms with E-state index in [0.29, 0.717) is 4.90 Å². The highest BCUT2D eigenvalue weighted by molar-refractivity contribution is 5.81. The van der Waals surface area contributed by atoms with Crippen molar-refractivity contribution in [2.24, 2.45) is 5.73 Å². The van der Waals surface area contributed by atoms with Crippen LogP contribution in [0.15, 0.2) is 0 Å². The number of amides is 2. The van der Waals surface area contributed by atoms with Crippen LogP contribution in [-0.2, 0) is 9.53 Å². The number of hydrogen-bond acceptors (Lipinski definition) is 3. The minimum Gasteiger partial charge on any atom is -0.446 e. The van der Waals surface area contributed by atoms with E-state index in [2.05, 4.69) is 4.74 Å². The maximum Gasteiger partial charge on any atom is 0.471 e. The van der Waals surface area contributed by atoms with Gasteiger partial charge in [-0.05, 0) is 0 Å². The van der Waals surface area contributed by atoms with Crippen LogP contribution < -0.4 is 5.73 Å². The second-order valence-electron chi connectivity index (χ2n) is 3.43. The molecule has 1 saturated heterocycles. The van der Waals surface area contributed by atoms with Crippen molar-refractivity contribution in [2.75, 3.05) is 13.1 Å².